The van der Waals surface area contributed by atoms with E-state index in [9.17, 15) is 0 Å². The predicted molar refractivity (Wildman–Crippen MR) is 156 cm³/mol. The summed E-state index contributed by atoms with van der Waals surface area (Å²) in [6.07, 6.45) is 10.5. The van der Waals surface area contributed by atoms with Crippen LogP contribution in [0.2, 0.25) is 0 Å². The number of benzene rings is 4. The third-order valence-electron chi connectivity index (χ3n) is 5.93. The van der Waals surface area contributed by atoms with Gasteiger partial charge in [-0.25, -0.2) is 9.97 Å². The van der Waals surface area contributed by atoms with E-state index in [1.165, 1.54) is 10.8 Å². The number of hydrogen-bond donors (Lipinski definition) is 1. The Labute approximate surface area is 225 Å². The SMILES string of the molecule is Ic1cccc2c1oc1ccccc12.c1c[nH]cn1.c1ccc2c(c1)oc1c(-n3ccnc3)cccc12. The smallest absolute Gasteiger partial charge is 0.159 e. The van der Waals surface area contributed by atoms with Crippen LogP contribution in [-0.2, 0) is 0 Å². The Bertz CT molecular complexity index is 1880. The zero-order valence-electron chi connectivity index (χ0n) is 19.6. The lowest BCUT2D eigenvalue weighted by molar-refractivity contribution is 0.665. The number of hydrogen-bond acceptors (Lipinski definition) is 4. The first-order valence-electron chi connectivity index (χ1n) is 11.7. The predicted octanol–water partition coefficient (Wildman–Crippen LogP) is 8.37. The summed E-state index contributed by atoms with van der Waals surface area (Å²) < 4.78 is 14.9. The summed E-state index contributed by atoms with van der Waals surface area (Å²) >= 11 is 2.30. The molecule has 0 amide bonds. The number of imidazole rings is 2. The molecule has 0 atom stereocenters. The molecule has 6 nitrogen and oxygen atoms in total. The zero-order chi connectivity index (χ0) is 25.0. The Kier molecular flexibility index (Phi) is 6.43. The highest BCUT2D eigenvalue weighted by Gasteiger charge is 2.11. The molecule has 0 unspecified atom stereocenters. The molecule has 1 N–H and O–H groups in total. The Morgan fingerprint density at radius 1 is 0.649 bits per heavy atom. The van der Waals surface area contributed by atoms with E-state index in [0.717, 1.165) is 42.4 Å². The summed E-state index contributed by atoms with van der Waals surface area (Å²) in [6, 6.07) is 28.6. The van der Waals surface area contributed by atoms with Crippen molar-refractivity contribution in [1.29, 1.82) is 0 Å². The van der Waals surface area contributed by atoms with Crippen molar-refractivity contribution in [3.05, 3.63) is 126 Å². The first-order chi connectivity index (χ1) is 18.3. The number of H-pyrrole nitrogens is 1. The average Bonchev–Trinajstić information content (AvgIpc) is 3.75. The van der Waals surface area contributed by atoms with Gasteiger partial charge in [-0.15, -0.1) is 0 Å². The molecule has 0 aliphatic carbocycles. The van der Waals surface area contributed by atoms with Crippen molar-refractivity contribution in [1.82, 2.24) is 19.5 Å². The van der Waals surface area contributed by atoms with Gasteiger partial charge in [-0.05, 0) is 46.9 Å². The summed E-state index contributed by atoms with van der Waals surface area (Å²) in [6.45, 7) is 0. The minimum atomic E-state index is 0.900. The number of aromatic nitrogens is 4. The third kappa shape index (κ3) is 4.61. The molecule has 4 aromatic carbocycles. The number of rotatable bonds is 1. The van der Waals surface area contributed by atoms with E-state index in [-0.39, 0.29) is 0 Å². The van der Waals surface area contributed by atoms with Crippen LogP contribution in [0.15, 0.2) is 131 Å². The highest BCUT2D eigenvalue weighted by Crippen LogP contribution is 2.32. The molecule has 37 heavy (non-hydrogen) atoms. The van der Waals surface area contributed by atoms with Crippen molar-refractivity contribution < 1.29 is 8.83 Å². The van der Waals surface area contributed by atoms with Gasteiger partial charge in [0, 0.05) is 46.3 Å². The van der Waals surface area contributed by atoms with Crippen molar-refractivity contribution in [3.63, 3.8) is 0 Å². The second-order valence-corrected chi connectivity index (χ2v) is 9.36. The van der Waals surface area contributed by atoms with Crippen LogP contribution in [0.1, 0.15) is 0 Å². The third-order valence-corrected chi connectivity index (χ3v) is 6.78. The molecule has 0 spiro atoms. The number of para-hydroxylation sites is 4. The molecule has 0 fully saturated rings. The summed E-state index contributed by atoms with van der Waals surface area (Å²) in [5, 5.41) is 4.68. The molecule has 4 aromatic heterocycles. The summed E-state index contributed by atoms with van der Waals surface area (Å²) in [5.74, 6) is 0. The highest BCUT2D eigenvalue weighted by atomic mass is 127. The van der Waals surface area contributed by atoms with E-state index in [0.29, 0.717) is 0 Å². The summed E-state index contributed by atoms with van der Waals surface area (Å²) in [7, 11) is 0. The van der Waals surface area contributed by atoms with Gasteiger partial charge >= 0.3 is 0 Å². The molecular formula is C30H21IN4O2. The maximum absolute atomic E-state index is 5.96. The fourth-order valence-corrected chi connectivity index (χ4v) is 4.87. The maximum Gasteiger partial charge on any atom is 0.159 e. The Hall–Kier alpha value is -4.37. The molecule has 180 valence electrons. The van der Waals surface area contributed by atoms with Crippen LogP contribution in [0, 0.1) is 3.57 Å². The van der Waals surface area contributed by atoms with Crippen LogP contribution in [0.3, 0.4) is 0 Å². The topological polar surface area (TPSA) is 72.8 Å². The van der Waals surface area contributed by atoms with Crippen molar-refractivity contribution in [2.75, 3.05) is 0 Å². The van der Waals surface area contributed by atoms with Gasteiger partial charge in [-0.3, -0.25) is 0 Å². The Morgan fingerprint density at radius 3 is 1.92 bits per heavy atom. The highest BCUT2D eigenvalue weighted by molar-refractivity contribution is 14.1. The molecule has 0 radical (unpaired) electrons. The lowest BCUT2D eigenvalue weighted by Crippen LogP contribution is -1.89. The molecule has 0 aliphatic heterocycles. The second-order valence-electron chi connectivity index (χ2n) is 8.20. The fraction of sp³-hybridized carbons (Fsp3) is 0. The number of nitrogens with zero attached hydrogens (tertiary/aromatic N) is 3. The molecule has 8 aromatic rings. The molecular weight excluding hydrogens is 575 g/mol. The van der Waals surface area contributed by atoms with Gasteiger partial charge in [0.25, 0.3) is 0 Å². The van der Waals surface area contributed by atoms with Crippen LogP contribution >= 0.6 is 22.6 Å². The van der Waals surface area contributed by atoms with E-state index in [4.69, 9.17) is 8.83 Å². The van der Waals surface area contributed by atoms with Gasteiger partial charge in [-0.1, -0.05) is 60.7 Å². The van der Waals surface area contributed by atoms with Crippen LogP contribution in [0.4, 0.5) is 0 Å². The fourth-order valence-electron chi connectivity index (χ4n) is 4.27. The van der Waals surface area contributed by atoms with E-state index in [1.807, 2.05) is 59.3 Å². The number of halogens is 1. The van der Waals surface area contributed by atoms with Crippen molar-refractivity contribution in [2.45, 2.75) is 0 Å². The molecule has 0 bridgehead atoms. The molecule has 0 saturated heterocycles. The van der Waals surface area contributed by atoms with E-state index in [1.54, 1.807) is 31.2 Å². The molecule has 0 aliphatic rings. The standard InChI is InChI=1S/C15H10N2O.C12H7IO.C3H4N2/c1-2-7-14-11(4-1)12-5-3-6-13(15(12)18-14)17-9-8-16-10-17;13-10-6-3-5-9-8-4-1-2-7-11(8)14-12(9)10;1-2-5-3-4-1/h1-10H;1-7H;1-3H,(H,4,5). The van der Waals surface area contributed by atoms with Gasteiger partial charge in [0.15, 0.2) is 5.58 Å². The number of furan rings is 2. The lowest BCUT2D eigenvalue weighted by Gasteiger charge is -2.01. The first-order valence-corrected chi connectivity index (χ1v) is 12.7. The maximum atomic E-state index is 5.96. The normalized spacial score (nSPS) is 10.8. The minimum Gasteiger partial charge on any atom is -0.455 e. The summed E-state index contributed by atoms with van der Waals surface area (Å²) in [5.41, 5.74) is 4.79. The lowest BCUT2D eigenvalue weighted by atomic mass is 10.1. The largest absolute Gasteiger partial charge is 0.455 e. The average molecular weight is 596 g/mol. The monoisotopic (exact) mass is 596 g/mol. The van der Waals surface area contributed by atoms with Gasteiger partial charge < -0.3 is 18.4 Å². The van der Waals surface area contributed by atoms with Gasteiger partial charge in [0.05, 0.1) is 21.9 Å². The van der Waals surface area contributed by atoms with E-state index < -0.39 is 0 Å². The number of fused-ring (bicyclic) bond motifs is 6. The van der Waals surface area contributed by atoms with Crippen LogP contribution in [0.5, 0.6) is 0 Å². The quantitative estimate of drug-likeness (QED) is 0.193. The molecule has 4 heterocycles. The summed E-state index contributed by atoms with van der Waals surface area (Å²) in [4.78, 5) is 10.5. The van der Waals surface area contributed by atoms with Crippen LogP contribution < -0.4 is 0 Å². The van der Waals surface area contributed by atoms with Crippen LogP contribution in [-0.4, -0.2) is 19.5 Å². The first kappa shape index (κ1) is 23.1. The Morgan fingerprint density at radius 2 is 1.30 bits per heavy atom. The zero-order valence-corrected chi connectivity index (χ0v) is 21.7. The van der Waals surface area contributed by atoms with Gasteiger partial charge in [0.2, 0.25) is 0 Å². The van der Waals surface area contributed by atoms with Crippen molar-refractivity contribution >= 4 is 66.5 Å². The molecule has 8 rings (SSSR count). The number of aromatic amines is 1. The van der Waals surface area contributed by atoms with Gasteiger partial charge in [-0.2, -0.15) is 0 Å². The van der Waals surface area contributed by atoms with Gasteiger partial charge in [0.1, 0.15) is 16.7 Å². The minimum absolute atomic E-state index is 0.900. The van der Waals surface area contributed by atoms with Crippen LogP contribution in [0.25, 0.3) is 49.6 Å². The van der Waals surface area contributed by atoms with E-state index >= 15 is 0 Å². The Balaban J connectivity index is 0.000000117. The number of nitrogens with one attached hydrogen (secondary N) is 1. The van der Waals surface area contributed by atoms with Crippen molar-refractivity contribution in [2.24, 2.45) is 0 Å². The molecule has 0 saturated carbocycles. The van der Waals surface area contributed by atoms with Crippen molar-refractivity contribution in [3.8, 4) is 5.69 Å². The molecule has 7 heteroatoms. The van der Waals surface area contributed by atoms with E-state index in [2.05, 4.69) is 73.9 Å². The second kappa shape index (κ2) is 10.3.